The fourth-order valence-electron chi connectivity index (χ4n) is 2.94. The molecule has 0 saturated carbocycles. The summed E-state index contributed by atoms with van der Waals surface area (Å²) >= 11 is 0. The highest BCUT2D eigenvalue weighted by atomic mass is 15.3. The molecule has 1 aliphatic rings. The first-order chi connectivity index (χ1) is 10.9. The van der Waals surface area contributed by atoms with Crippen LogP contribution >= 0.6 is 0 Å². The molecule has 4 heterocycles. The lowest BCUT2D eigenvalue weighted by molar-refractivity contribution is 0.378. The summed E-state index contributed by atoms with van der Waals surface area (Å²) in [5, 5.41) is 4.32. The van der Waals surface area contributed by atoms with Crippen LogP contribution in [0.1, 0.15) is 5.82 Å². The van der Waals surface area contributed by atoms with Gasteiger partial charge in [0.2, 0.25) is 5.95 Å². The molecule has 0 fully saturated rings. The summed E-state index contributed by atoms with van der Waals surface area (Å²) in [7, 11) is 0. The van der Waals surface area contributed by atoms with Gasteiger partial charge >= 0.3 is 0 Å². The average Bonchev–Trinajstić information content (AvgIpc) is 3.17. The maximum atomic E-state index is 4.47. The van der Waals surface area contributed by atoms with Crippen molar-refractivity contribution in [1.29, 1.82) is 0 Å². The highest BCUT2D eigenvalue weighted by molar-refractivity contribution is 5.29. The van der Waals surface area contributed by atoms with Crippen molar-refractivity contribution in [2.75, 3.05) is 11.4 Å². The van der Waals surface area contributed by atoms with Crippen molar-refractivity contribution in [2.45, 2.75) is 19.6 Å². The predicted octanol–water partition coefficient (Wildman–Crippen LogP) is 1.21. The van der Waals surface area contributed by atoms with Crippen LogP contribution in [0.4, 0.5) is 5.95 Å². The predicted molar refractivity (Wildman–Crippen MR) is 81.0 cm³/mol. The van der Waals surface area contributed by atoms with Crippen molar-refractivity contribution in [3.63, 3.8) is 0 Å². The zero-order chi connectivity index (χ0) is 14.8. The number of hydrogen-bond donors (Lipinski definition) is 0. The summed E-state index contributed by atoms with van der Waals surface area (Å²) < 4.78 is 4.20. The number of imidazole rings is 1. The van der Waals surface area contributed by atoms with E-state index < -0.39 is 0 Å². The lowest BCUT2D eigenvalue weighted by Gasteiger charge is -2.23. The van der Waals surface area contributed by atoms with Gasteiger partial charge in [-0.25, -0.2) is 15.0 Å². The molecule has 7 nitrogen and oxygen atoms in total. The van der Waals surface area contributed by atoms with Crippen molar-refractivity contribution in [1.82, 2.24) is 29.3 Å². The lowest BCUT2D eigenvalue weighted by Crippen LogP contribution is -2.31. The van der Waals surface area contributed by atoms with E-state index in [0.29, 0.717) is 5.92 Å². The van der Waals surface area contributed by atoms with Crippen LogP contribution < -0.4 is 4.90 Å². The molecule has 0 N–H and O–H groups in total. The molecule has 0 amide bonds. The zero-order valence-corrected chi connectivity index (χ0v) is 12.2. The van der Waals surface area contributed by atoms with E-state index in [1.807, 2.05) is 41.6 Å². The van der Waals surface area contributed by atoms with Crippen molar-refractivity contribution in [2.24, 2.45) is 5.92 Å². The van der Waals surface area contributed by atoms with Gasteiger partial charge in [0, 0.05) is 62.7 Å². The molecule has 0 aromatic carbocycles. The third-order valence-electron chi connectivity index (χ3n) is 3.91. The molecule has 0 bridgehead atoms. The van der Waals surface area contributed by atoms with Crippen molar-refractivity contribution in [3.8, 4) is 0 Å². The third-order valence-corrected chi connectivity index (χ3v) is 3.91. The number of nitrogens with zero attached hydrogens (tertiary/aromatic N) is 7. The molecule has 0 unspecified atom stereocenters. The number of hydrogen-bond acceptors (Lipinski definition) is 5. The molecule has 7 heteroatoms. The molecule has 3 aromatic heterocycles. The molecule has 0 spiro atoms. The van der Waals surface area contributed by atoms with Crippen LogP contribution in [0.3, 0.4) is 0 Å². The van der Waals surface area contributed by atoms with Gasteiger partial charge in [-0.3, -0.25) is 4.68 Å². The minimum Gasteiger partial charge on any atom is -0.333 e. The van der Waals surface area contributed by atoms with E-state index in [2.05, 4.69) is 29.5 Å². The first-order valence-electron chi connectivity index (χ1n) is 7.38. The monoisotopic (exact) mass is 295 g/mol. The maximum absolute atomic E-state index is 4.47. The smallest absolute Gasteiger partial charge is 0.225 e. The Morgan fingerprint density at radius 2 is 1.86 bits per heavy atom. The second kappa shape index (κ2) is 5.59. The summed E-state index contributed by atoms with van der Waals surface area (Å²) in [5.41, 5.74) is 0. The zero-order valence-electron chi connectivity index (χ0n) is 12.2. The van der Waals surface area contributed by atoms with Gasteiger partial charge < -0.3 is 9.47 Å². The first-order valence-corrected chi connectivity index (χ1v) is 7.38. The first kappa shape index (κ1) is 13.0. The van der Waals surface area contributed by atoms with E-state index in [4.69, 9.17) is 0 Å². The Balaban J connectivity index is 1.63. The molecule has 112 valence electrons. The summed E-state index contributed by atoms with van der Waals surface area (Å²) in [6.45, 7) is 3.41. The van der Waals surface area contributed by atoms with Crippen LogP contribution in [0.15, 0.2) is 49.3 Å². The number of aromatic nitrogens is 6. The number of anilines is 1. The average molecular weight is 295 g/mol. The van der Waals surface area contributed by atoms with Crippen LogP contribution in [-0.2, 0) is 19.6 Å². The molecule has 1 atom stereocenters. The molecule has 4 rings (SSSR count). The Bertz CT molecular complexity index is 719. The van der Waals surface area contributed by atoms with Gasteiger partial charge in [-0.2, -0.15) is 5.10 Å². The van der Waals surface area contributed by atoms with Gasteiger partial charge in [-0.15, -0.1) is 0 Å². The Labute approximate surface area is 128 Å². The van der Waals surface area contributed by atoms with Crippen molar-refractivity contribution in [3.05, 3.63) is 55.1 Å². The van der Waals surface area contributed by atoms with Gasteiger partial charge in [0.1, 0.15) is 5.82 Å². The third kappa shape index (κ3) is 2.57. The van der Waals surface area contributed by atoms with E-state index in [0.717, 1.165) is 38.0 Å². The molecule has 0 aliphatic carbocycles. The quantitative estimate of drug-likeness (QED) is 0.726. The summed E-state index contributed by atoms with van der Waals surface area (Å²) in [4.78, 5) is 15.4. The van der Waals surface area contributed by atoms with Crippen LogP contribution in [0, 0.1) is 5.92 Å². The second-order valence-corrected chi connectivity index (χ2v) is 5.52. The van der Waals surface area contributed by atoms with Crippen molar-refractivity contribution >= 4 is 5.95 Å². The van der Waals surface area contributed by atoms with Gasteiger partial charge in [0.05, 0.1) is 6.54 Å². The molecule has 0 saturated heterocycles. The fraction of sp³-hybridized carbons (Fsp3) is 0.333. The Morgan fingerprint density at radius 3 is 2.68 bits per heavy atom. The maximum Gasteiger partial charge on any atom is 0.225 e. The summed E-state index contributed by atoms with van der Waals surface area (Å²) in [6.07, 6.45) is 11.3. The summed E-state index contributed by atoms with van der Waals surface area (Å²) in [6, 6.07) is 3.79. The van der Waals surface area contributed by atoms with Crippen LogP contribution in [0.5, 0.6) is 0 Å². The molecular formula is C15H17N7. The minimum absolute atomic E-state index is 0.416. The molecule has 3 aromatic rings. The van der Waals surface area contributed by atoms with E-state index in [9.17, 15) is 0 Å². The van der Waals surface area contributed by atoms with Gasteiger partial charge in [0.15, 0.2) is 0 Å². The lowest BCUT2D eigenvalue weighted by atomic mass is 10.1. The molecule has 22 heavy (non-hydrogen) atoms. The van der Waals surface area contributed by atoms with Crippen LogP contribution in [-0.4, -0.2) is 35.8 Å². The standard InChI is InChI=1S/C15H17N7/c1-3-17-15(18-4-1)21-10-13(11-22-7-2-5-19-22)9-20-8-6-16-14(20)12-21/h1-8,13H,9-12H2/t13-/m0/s1. The van der Waals surface area contributed by atoms with E-state index in [-0.39, 0.29) is 0 Å². The van der Waals surface area contributed by atoms with Crippen LogP contribution in [0.25, 0.3) is 0 Å². The molecule has 1 aliphatic heterocycles. The molecular weight excluding hydrogens is 278 g/mol. The Morgan fingerprint density at radius 1 is 0.955 bits per heavy atom. The number of rotatable bonds is 3. The van der Waals surface area contributed by atoms with E-state index in [1.54, 1.807) is 12.4 Å². The van der Waals surface area contributed by atoms with Gasteiger partial charge in [-0.05, 0) is 12.1 Å². The molecule has 0 radical (unpaired) electrons. The number of fused-ring (bicyclic) bond motifs is 1. The topological polar surface area (TPSA) is 64.7 Å². The summed E-state index contributed by atoms with van der Waals surface area (Å²) in [5.74, 6) is 2.22. The van der Waals surface area contributed by atoms with E-state index in [1.165, 1.54) is 0 Å². The van der Waals surface area contributed by atoms with E-state index >= 15 is 0 Å². The highest BCUT2D eigenvalue weighted by Crippen LogP contribution is 2.20. The van der Waals surface area contributed by atoms with Crippen molar-refractivity contribution < 1.29 is 0 Å². The van der Waals surface area contributed by atoms with Crippen LogP contribution in [0.2, 0.25) is 0 Å². The SMILES string of the molecule is c1cnc(N2Cc3nccn3C[C@H](Cn3cccn3)C2)nc1. The van der Waals surface area contributed by atoms with Gasteiger partial charge in [0.25, 0.3) is 0 Å². The van der Waals surface area contributed by atoms with Gasteiger partial charge in [-0.1, -0.05) is 0 Å². The Kier molecular flexibility index (Phi) is 3.30. The Hall–Kier alpha value is -2.70. The second-order valence-electron chi connectivity index (χ2n) is 5.52. The minimum atomic E-state index is 0.416. The normalized spacial score (nSPS) is 18.0. The largest absolute Gasteiger partial charge is 0.333 e. The highest BCUT2D eigenvalue weighted by Gasteiger charge is 2.24. The fourth-order valence-corrected chi connectivity index (χ4v) is 2.94.